The molecule has 2 aromatic rings. The Balaban J connectivity index is 1.78. The molecule has 2 aromatic carbocycles. The first kappa shape index (κ1) is 20.5. The molecule has 144 valence electrons. The van der Waals surface area contributed by atoms with Crippen LogP contribution in [0, 0.1) is 5.82 Å². The fraction of sp³-hybridized carbons (Fsp3) is 0.100. The van der Waals surface area contributed by atoms with Gasteiger partial charge in [0.15, 0.2) is 5.75 Å². The number of hydrogen-bond acceptors (Lipinski definition) is 4. The molecule has 0 spiro atoms. The summed E-state index contributed by atoms with van der Waals surface area (Å²) in [4.78, 5) is 25.6. The third-order valence-electron chi connectivity index (χ3n) is 3.80. The fourth-order valence-corrected chi connectivity index (χ4v) is 3.94. The molecular formula is C20H14Cl2FNO3S. The van der Waals surface area contributed by atoms with Gasteiger partial charge < -0.3 is 4.74 Å². The SMILES string of the molecule is C=CCN1C(=O)S/C(=C/c2cc(Cl)c(OCc3ccc(F)cc3)c(Cl)c2)C1=O. The molecule has 2 amide bonds. The number of amides is 2. The number of halogens is 3. The van der Waals surface area contributed by atoms with E-state index in [2.05, 4.69) is 6.58 Å². The standard InChI is InChI=1S/C20H14Cl2FNO3S/c1-2-7-24-19(25)17(28-20(24)26)10-13-8-15(21)18(16(22)9-13)27-11-12-3-5-14(23)6-4-12/h2-6,8-10H,1,7,11H2/b17-10+. The van der Waals surface area contributed by atoms with E-state index >= 15 is 0 Å². The number of ether oxygens (including phenoxy) is 1. The highest BCUT2D eigenvalue weighted by Gasteiger charge is 2.34. The number of hydrogen-bond donors (Lipinski definition) is 0. The van der Waals surface area contributed by atoms with E-state index < -0.39 is 5.91 Å². The quantitative estimate of drug-likeness (QED) is 0.414. The maximum Gasteiger partial charge on any atom is 0.293 e. The molecule has 1 saturated heterocycles. The van der Waals surface area contributed by atoms with Crippen LogP contribution in [-0.2, 0) is 11.4 Å². The normalized spacial score (nSPS) is 15.4. The number of benzene rings is 2. The average Bonchev–Trinajstić information content (AvgIpc) is 2.90. The fourth-order valence-electron chi connectivity index (χ4n) is 2.47. The van der Waals surface area contributed by atoms with E-state index in [9.17, 15) is 14.0 Å². The van der Waals surface area contributed by atoms with Crippen molar-refractivity contribution in [1.29, 1.82) is 0 Å². The molecule has 3 rings (SSSR count). The van der Waals surface area contributed by atoms with Gasteiger partial charge in [0.25, 0.3) is 11.1 Å². The van der Waals surface area contributed by atoms with E-state index in [0.717, 1.165) is 22.2 Å². The molecule has 0 radical (unpaired) electrons. The van der Waals surface area contributed by atoms with Crippen LogP contribution in [0.1, 0.15) is 11.1 Å². The summed E-state index contributed by atoms with van der Waals surface area (Å²) in [6.07, 6.45) is 3.04. The van der Waals surface area contributed by atoms with Crippen molar-refractivity contribution in [2.24, 2.45) is 0 Å². The van der Waals surface area contributed by atoms with Crippen LogP contribution < -0.4 is 4.74 Å². The Hall–Kier alpha value is -2.28. The zero-order valence-electron chi connectivity index (χ0n) is 14.5. The van der Waals surface area contributed by atoms with Crippen molar-refractivity contribution in [1.82, 2.24) is 4.90 Å². The van der Waals surface area contributed by atoms with E-state index in [4.69, 9.17) is 27.9 Å². The van der Waals surface area contributed by atoms with Gasteiger partial charge in [-0.25, -0.2) is 4.39 Å². The van der Waals surface area contributed by atoms with Gasteiger partial charge in [-0.1, -0.05) is 41.4 Å². The second kappa shape index (κ2) is 8.82. The van der Waals surface area contributed by atoms with Gasteiger partial charge in [0, 0.05) is 6.54 Å². The Labute approximate surface area is 175 Å². The number of nitrogens with zero attached hydrogens (tertiary/aromatic N) is 1. The molecule has 0 aromatic heterocycles. The van der Waals surface area contributed by atoms with Crippen LogP contribution >= 0.6 is 35.0 Å². The van der Waals surface area contributed by atoms with Crippen LogP contribution in [0.4, 0.5) is 9.18 Å². The molecule has 1 aliphatic rings. The first-order valence-electron chi connectivity index (χ1n) is 8.11. The molecule has 1 fully saturated rings. The lowest BCUT2D eigenvalue weighted by atomic mass is 10.2. The van der Waals surface area contributed by atoms with Crippen molar-refractivity contribution in [2.45, 2.75) is 6.61 Å². The van der Waals surface area contributed by atoms with Gasteiger partial charge in [0.1, 0.15) is 12.4 Å². The van der Waals surface area contributed by atoms with Crippen molar-refractivity contribution >= 4 is 52.2 Å². The largest absolute Gasteiger partial charge is 0.486 e. The number of thioether (sulfide) groups is 1. The predicted octanol–water partition coefficient (Wildman–Crippen LogP) is 5.93. The Morgan fingerprint density at radius 3 is 2.39 bits per heavy atom. The molecule has 8 heteroatoms. The third kappa shape index (κ3) is 4.58. The summed E-state index contributed by atoms with van der Waals surface area (Å²) in [5.41, 5.74) is 1.32. The van der Waals surface area contributed by atoms with E-state index in [1.54, 1.807) is 30.3 Å². The van der Waals surface area contributed by atoms with Gasteiger partial charge in [0.05, 0.1) is 15.0 Å². The van der Waals surface area contributed by atoms with E-state index in [1.807, 2.05) is 0 Å². The lowest BCUT2D eigenvalue weighted by Gasteiger charge is -2.11. The van der Waals surface area contributed by atoms with Crippen LogP contribution in [0.3, 0.4) is 0 Å². The van der Waals surface area contributed by atoms with Gasteiger partial charge in [-0.05, 0) is 53.2 Å². The summed E-state index contributed by atoms with van der Waals surface area (Å²) >= 11 is 13.4. The predicted molar refractivity (Wildman–Crippen MR) is 110 cm³/mol. The minimum absolute atomic E-state index is 0.152. The summed E-state index contributed by atoms with van der Waals surface area (Å²) in [7, 11) is 0. The smallest absolute Gasteiger partial charge is 0.293 e. The van der Waals surface area contributed by atoms with Crippen LogP contribution in [-0.4, -0.2) is 22.6 Å². The van der Waals surface area contributed by atoms with Gasteiger partial charge in [-0.3, -0.25) is 14.5 Å². The summed E-state index contributed by atoms with van der Waals surface area (Å²) < 4.78 is 18.6. The second-order valence-corrected chi connectivity index (χ2v) is 7.62. The van der Waals surface area contributed by atoms with E-state index in [1.165, 1.54) is 18.2 Å². The van der Waals surface area contributed by atoms with E-state index in [-0.39, 0.29) is 44.9 Å². The zero-order valence-corrected chi connectivity index (χ0v) is 16.8. The first-order valence-corrected chi connectivity index (χ1v) is 9.69. The minimum atomic E-state index is -0.390. The Kier molecular flexibility index (Phi) is 6.44. The molecule has 1 heterocycles. The lowest BCUT2D eigenvalue weighted by Crippen LogP contribution is -2.27. The molecule has 1 aliphatic heterocycles. The maximum absolute atomic E-state index is 13.0. The highest BCUT2D eigenvalue weighted by atomic mass is 35.5. The maximum atomic E-state index is 13.0. The van der Waals surface area contributed by atoms with E-state index in [0.29, 0.717) is 5.56 Å². The average molecular weight is 438 g/mol. The summed E-state index contributed by atoms with van der Waals surface area (Å²) in [5, 5.41) is 0.157. The third-order valence-corrected chi connectivity index (χ3v) is 5.27. The molecular weight excluding hydrogens is 424 g/mol. The first-order chi connectivity index (χ1) is 13.4. The van der Waals surface area contributed by atoms with Crippen LogP contribution in [0.25, 0.3) is 6.08 Å². The summed E-state index contributed by atoms with van der Waals surface area (Å²) in [6.45, 7) is 3.86. The molecule has 4 nitrogen and oxygen atoms in total. The molecule has 0 saturated carbocycles. The topological polar surface area (TPSA) is 46.6 Å². The van der Waals surface area contributed by atoms with Crippen molar-refractivity contribution in [2.75, 3.05) is 6.54 Å². The molecule has 0 atom stereocenters. The van der Waals surface area contributed by atoms with Crippen LogP contribution in [0.5, 0.6) is 5.75 Å². The van der Waals surface area contributed by atoms with Crippen molar-refractivity contribution in [3.63, 3.8) is 0 Å². The number of carbonyl (C=O) groups is 2. The van der Waals surface area contributed by atoms with Crippen LogP contribution in [0.15, 0.2) is 54.0 Å². The molecule has 0 N–H and O–H groups in total. The van der Waals surface area contributed by atoms with Gasteiger partial charge >= 0.3 is 0 Å². The molecule has 0 unspecified atom stereocenters. The summed E-state index contributed by atoms with van der Waals surface area (Å²) in [5.74, 6) is -0.440. The molecule has 0 bridgehead atoms. The highest BCUT2D eigenvalue weighted by Crippen LogP contribution is 2.37. The number of rotatable bonds is 6. The van der Waals surface area contributed by atoms with Crippen LogP contribution in [0.2, 0.25) is 10.0 Å². The van der Waals surface area contributed by atoms with Gasteiger partial charge in [-0.15, -0.1) is 6.58 Å². The van der Waals surface area contributed by atoms with Crippen molar-refractivity contribution in [3.8, 4) is 5.75 Å². The molecule has 28 heavy (non-hydrogen) atoms. The molecule has 0 aliphatic carbocycles. The lowest BCUT2D eigenvalue weighted by molar-refractivity contribution is -0.122. The van der Waals surface area contributed by atoms with Gasteiger partial charge in [0.2, 0.25) is 0 Å². The number of imide groups is 1. The van der Waals surface area contributed by atoms with Crippen molar-refractivity contribution < 1.29 is 18.7 Å². The monoisotopic (exact) mass is 437 g/mol. The highest BCUT2D eigenvalue weighted by molar-refractivity contribution is 8.18. The minimum Gasteiger partial charge on any atom is -0.486 e. The Morgan fingerprint density at radius 1 is 1.14 bits per heavy atom. The van der Waals surface area contributed by atoms with Gasteiger partial charge in [-0.2, -0.15) is 0 Å². The summed E-state index contributed by atoms with van der Waals surface area (Å²) in [6, 6.07) is 9.06. The number of carbonyl (C=O) groups excluding carboxylic acids is 2. The Bertz CT molecular complexity index is 953. The van der Waals surface area contributed by atoms with Crippen molar-refractivity contribution in [3.05, 3.63) is 80.9 Å². The zero-order chi connectivity index (χ0) is 20.3. The Morgan fingerprint density at radius 2 is 1.79 bits per heavy atom. The second-order valence-electron chi connectivity index (χ2n) is 5.81.